The van der Waals surface area contributed by atoms with Crippen molar-refractivity contribution in [2.45, 2.75) is 25.8 Å². The van der Waals surface area contributed by atoms with Crippen LogP contribution in [0.1, 0.15) is 30.8 Å². The zero-order valence-corrected chi connectivity index (χ0v) is 15.2. The van der Waals surface area contributed by atoms with Crippen LogP contribution in [0, 0.1) is 0 Å². The molecule has 2 aromatic rings. The topological polar surface area (TPSA) is 87.4 Å². The summed E-state index contributed by atoms with van der Waals surface area (Å²) in [7, 11) is 3.79. The summed E-state index contributed by atoms with van der Waals surface area (Å²) in [6.07, 6.45) is 8.14. The van der Waals surface area contributed by atoms with Gasteiger partial charge in [-0.25, -0.2) is 0 Å². The number of furan rings is 1. The van der Waals surface area contributed by atoms with Crippen LogP contribution in [0.15, 0.2) is 28.9 Å². The Kier molecular flexibility index (Phi) is 5.83. The molecule has 0 saturated carbocycles. The first kappa shape index (κ1) is 17.9. The van der Waals surface area contributed by atoms with E-state index in [1.54, 1.807) is 24.5 Å². The van der Waals surface area contributed by atoms with E-state index in [0.717, 1.165) is 25.9 Å². The van der Waals surface area contributed by atoms with Crippen LogP contribution in [0.5, 0.6) is 0 Å². The molecule has 0 unspecified atom stereocenters. The third-order valence-corrected chi connectivity index (χ3v) is 4.06. The smallest absolute Gasteiger partial charge is 0.244 e. The van der Waals surface area contributed by atoms with Gasteiger partial charge in [0.2, 0.25) is 17.8 Å². The molecule has 0 atom stereocenters. The van der Waals surface area contributed by atoms with Crippen molar-refractivity contribution in [2.75, 3.05) is 37.0 Å². The second-order valence-corrected chi connectivity index (χ2v) is 6.36. The van der Waals surface area contributed by atoms with E-state index >= 15 is 0 Å². The summed E-state index contributed by atoms with van der Waals surface area (Å²) in [4.78, 5) is 29.5. The van der Waals surface area contributed by atoms with Crippen molar-refractivity contribution in [1.29, 1.82) is 0 Å². The maximum atomic E-state index is 12.0. The average Bonchev–Trinajstić information content (AvgIpc) is 3.19. The second-order valence-electron chi connectivity index (χ2n) is 6.36. The van der Waals surface area contributed by atoms with E-state index < -0.39 is 0 Å². The Morgan fingerprint density at radius 1 is 1.27 bits per heavy atom. The molecular weight excluding hydrogens is 332 g/mol. The molecule has 3 rings (SSSR count). The van der Waals surface area contributed by atoms with Crippen molar-refractivity contribution in [1.82, 2.24) is 20.3 Å². The standard InChI is InChI=1S/C18H24N6O2/c1-23(2)17-20-15(21-18(22-17)24-10-4-3-5-11-24)13-19-16(25)9-8-14-7-6-12-26-14/h6-9,12H,3-5,10-11,13H2,1-2H3,(H,19,25)/b9-8+. The van der Waals surface area contributed by atoms with Crippen molar-refractivity contribution in [2.24, 2.45) is 0 Å². The van der Waals surface area contributed by atoms with E-state index in [1.807, 2.05) is 19.0 Å². The largest absolute Gasteiger partial charge is 0.465 e. The highest BCUT2D eigenvalue weighted by Gasteiger charge is 2.17. The van der Waals surface area contributed by atoms with Crippen LogP contribution < -0.4 is 15.1 Å². The lowest BCUT2D eigenvalue weighted by Crippen LogP contribution is -2.32. The maximum Gasteiger partial charge on any atom is 0.244 e. The van der Waals surface area contributed by atoms with Crippen LogP contribution in [0.3, 0.4) is 0 Å². The van der Waals surface area contributed by atoms with Crippen LogP contribution >= 0.6 is 0 Å². The van der Waals surface area contributed by atoms with Crippen molar-refractivity contribution in [3.05, 3.63) is 36.1 Å². The second kappa shape index (κ2) is 8.46. The van der Waals surface area contributed by atoms with E-state index in [-0.39, 0.29) is 12.5 Å². The number of carbonyl (C=O) groups excluding carboxylic acids is 1. The number of hydrogen-bond acceptors (Lipinski definition) is 7. The number of amides is 1. The zero-order chi connectivity index (χ0) is 18.4. The predicted molar refractivity (Wildman–Crippen MR) is 99.8 cm³/mol. The van der Waals surface area contributed by atoms with Gasteiger partial charge in [-0.2, -0.15) is 15.0 Å². The number of anilines is 2. The van der Waals surface area contributed by atoms with Crippen molar-refractivity contribution >= 4 is 23.9 Å². The van der Waals surface area contributed by atoms with Crippen LogP contribution in [0.25, 0.3) is 6.08 Å². The first-order chi connectivity index (χ1) is 12.6. The molecule has 26 heavy (non-hydrogen) atoms. The van der Waals surface area contributed by atoms with Gasteiger partial charge in [0, 0.05) is 33.3 Å². The van der Waals surface area contributed by atoms with Gasteiger partial charge < -0.3 is 19.5 Å². The number of nitrogens with one attached hydrogen (secondary N) is 1. The van der Waals surface area contributed by atoms with E-state index in [9.17, 15) is 4.79 Å². The highest BCUT2D eigenvalue weighted by atomic mass is 16.3. The highest BCUT2D eigenvalue weighted by molar-refractivity contribution is 5.91. The van der Waals surface area contributed by atoms with Gasteiger partial charge in [0.15, 0.2) is 5.82 Å². The lowest BCUT2D eigenvalue weighted by atomic mass is 10.1. The molecule has 0 spiro atoms. The lowest BCUT2D eigenvalue weighted by Gasteiger charge is -2.27. The zero-order valence-electron chi connectivity index (χ0n) is 15.2. The first-order valence-electron chi connectivity index (χ1n) is 8.78. The van der Waals surface area contributed by atoms with Gasteiger partial charge in [0.25, 0.3) is 0 Å². The molecule has 1 fully saturated rings. The van der Waals surface area contributed by atoms with Crippen LogP contribution in [0.4, 0.5) is 11.9 Å². The third-order valence-electron chi connectivity index (χ3n) is 4.06. The van der Waals surface area contributed by atoms with Crippen molar-refractivity contribution in [3.63, 3.8) is 0 Å². The number of piperidine rings is 1. The minimum atomic E-state index is -0.229. The Morgan fingerprint density at radius 2 is 2.08 bits per heavy atom. The molecule has 1 aliphatic heterocycles. The predicted octanol–water partition coefficient (Wildman–Crippen LogP) is 1.85. The normalized spacial score (nSPS) is 14.6. The molecule has 8 nitrogen and oxygen atoms in total. The summed E-state index contributed by atoms with van der Waals surface area (Å²) in [5, 5.41) is 2.80. The quantitative estimate of drug-likeness (QED) is 0.790. The van der Waals surface area contributed by atoms with Gasteiger partial charge in [-0.15, -0.1) is 0 Å². The molecule has 0 bridgehead atoms. The maximum absolute atomic E-state index is 12.0. The monoisotopic (exact) mass is 356 g/mol. The molecule has 138 valence electrons. The molecule has 0 radical (unpaired) electrons. The summed E-state index contributed by atoms with van der Waals surface area (Å²) >= 11 is 0. The van der Waals surface area contributed by atoms with Crippen LogP contribution in [-0.4, -0.2) is 48.0 Å². The van der Waals surface area contributed by atoms with Crippen LogP contribution in [0.2, 0.25) is 0 Å². The Bertz CT molecular complexity index is 751. The summed E-state index contributed by atoms with van der Waals surface area (Å²) < 4.78 is 5.16. The fourth-order valence-corrected chi connectivity index (χ4v) is 2.68. The summed E-state index contributed by atoms with van der Waals surface area (Å²) in [6, 6.07) is 3.55. The van der Waals surface area contributed by atoms with Gasteiger partial charge in [0.1, 0.15) is 5.76 Å². The minimum Gasteiger partial charge on any atom is -0.465 e. The Morgan fingerprint density at radius 3 is 2.77 bits per heavy atom. The van der Waals surface area contributed by atoms with Gasteiger partial charge in [0.05, 0.1) is 12.8 Å². The lowest BCUT2D eigenvalue weighted by molar-refractivity contribution is -0.116. The van der Waals surface area contributed by atoms with Crippen LogP contribution in [-0.2, 0) is 11.3 Å². The fraction of sp³-hybridized carbons (Fsp3) is 0.444. The van der Waals surface area contributed by atoms with Gasteiger partial charge in [-0.1, -0.05) is 0 Å². The van der Waals surface area contributed by atoms with Gasteiger partial charge in [-0.05, 0) is 37.5 Å². The minimum absolute atomic E-state index is 0.229. The van der Waals surface area contributed by atoms with Crippen molar-refractivity contribution in [3.8, 4) is 0 Å². The van der Waals surface area contributed by atoms with Crippen molar-refractivity contribution < 1.29 is 9.21 Å². The average molecular weight is 356 g/mol. The Balaban J connectivity index is 1.67. The molecule has 1 amide bonds. The third kappa shape index (κ3) is 4.81. The number of hydrogen-bond donors (Lipinski definition) is 1. The number of aromatic nitrogens is 3. The molecule has 1 N–H and O–H groups in total. The first-order valence-corrected chi connectivity index (χ1v) is 8.78. The number of carbonyl (C=O) groups is 1. The molecule has 0 aromatic carbocycles. The van der Waals surface area contributed by atoms with E-state index in [2.05, 4.69) is 25.2 Å². The SMILES string of the molecule is CN(C)c1nc(CNC(=O)/C=C/c2ccco2)nc(N2CCCCC2)n1. The molecular formula is C18H24N6O2. The van der Waals surface area contributed by atoms with E-state index in [1.165, 1.54) is 12.5 Å². The molecule has 0 aliphatic carbocycles. The Hall–Kier alpha value is -2.90. The Labute approximate surface area is 152 Å². The highest BCUT2D eigenvalue weighted by Crippen LogP contribution is 2.17. The summed E-state index contributed by atoms with van der Waals surface area (Å²) in [5.41, 5.74) is 0. The molecule has 3 heterocycles. The number of nitrogens with zero attached hydrogens (tertiary/aromatic N) is 5. The number of rotatable bonds is 6. The molecule has 1 aliphatic rings. The molecule has 1 saturated heterocycles. The van der Waals surface area contributed by atoms with E-state index in [4.69, 9.17) is 4.42 Å². The summed E-state index contributed by atoms with van der Waals surface area (Å²) in [5.74, 6) is 2.22. The summed E-state index contributed by atoms with van der Waals surface area (Å²) in [6.45, 7) is 2.15. The van der Waals surface area contributed by atoms with Gasteiger partial charge >= 0.3 is 0 Å². The van der Waals surface area contributed by atoms with E-state index in [0.29, 0.717) is 23.5 Å². The fourth-order valence-electron chi connectivity index (χ4n) is 2.68. The molecule has 8 heteroatoms. The molecule has 2 aromatic heterocycles. The van der Waals surface area contributed by atoms with Gasteiger partial charge in [-0.3, -0.25) is 4.79 Å².